The second-order valence-corrected chi connectivity index (χ2v) is 4.54. The molecule has 0 saturated carbocycles. The zero-order chi connectivity index (χ0) is 13.2. The standard InChI is InChI=1S/C14H11ClN2O2/c15-10-5-6-17-8-11(16-14(17)7-10)9-19-13-4-2-1-3-12(13)18/h1-8,18H,9H2. The first-order valence-corrected chi connectivity index (χ1v) is 6.14. The van der Waals surface area contributed by atoms with E-state index in [9.17, 15) is 5.11 Å². The minimum absolute atomic E-state index is 0.120. The van der Waals surface area contributed by atoms with Gasteiger partial charge in [0.05, 0.1) is 5.69 Å². The Balaban J connectivity index is 1.80. The van der Waals surface area contributed by atoms with Gasteiger partial charge in [0.25, 0.3) is 0 Å². The van der Waals surface area contributed by atoms with Crippen LogP contribution in [0.5, 0.6) is 11.5 Å². The average Bonchev–Trinajstić information content (AvgIpc) is 2.79. The molecule has 3 aromatic rings. The first kappa shape index (κ1) is 11.9. The van der Waals surface area contributed by atoms with E-state index in [1.807, 2.05) is 16.8 Å². The van der Waals surface area contributed by atoms with Crippen molar-refractivity contribution in [2.45, 2.75) is 6.61 Å². The van der Waals surface area contributed by atoms with Crippen LogP contribution in [0.3, 0.4) is 0 Å². The van der Waals surface area contributed by atoms with Gasteiger partial charge >= 0.3 is 0 Å². The maximum Gasteiger partial charge on any atom is 0.161 e. The number of hydrogen-bond acceptors (Lipinski definition) is 3. The Morgan fingerprint density at radius 1 is 1.26 bits per heavy atom. The highest BCUT2D eigenvalue weighted by Crippen LogP contribution is 2.25. The number of phenols is 1. The number of nitrogens with zero attached hydrogens (tertiary/aromatic N) is 2. The van der Waals surface area contributed by atoms with Crippen LogP contribution in [0.1, 0.15) is 5.69 Å². The number of ether oxygens (including phenoxy) is 1. The molecule has 0 aliphatic heterocycles. The second-order valence-electron chi connectivity index (χ2n) is 4.10. The zero-order valence-corrected chi connectivity index (χ0v) is 10.7. The molecule has 1 N–H and O–H groups in total. The van der Waals surface area contributed by atoms with E-state index in [0.29, 0.717) is 10.8 Å². The third-order valence-corrected chi connectivity index (χ3v) is 2.95. The van der Waals surface area contributed by atoms with Crippen molar-refractivity contribution < 1.29 is 9.84 Å². The van der Waals surface area contributed by atoms with Gasteiger partial charge in [-0.2, -0.15) is 0 Å². The smallest absolute Gasteiger partial charge is 0.161 e. The van der Waals surface area contributed by atoms with Crippen LogP contribution in [0.2, 0.25) is 5.02 Å². The van der Waals surface area contributed by atoms with Crippen LogP contribution < -0.4 is 4.74 Å². The molecule has 96 valence electrons. The monoisotopic (exact) mass is 274 g/mol. The van der Waals surface area contributed by atoms with Crippen molar-refractivity contribution in [1.29, 1.82) is 0 Å². The normalized spacial score (nSPS) is 10.8. The number of aromatic nitrogens is 2. The minimum atomic E-state index is 0.120. The Kier molecular flexibility index (Phi) is 3.01. The first-order valence-electron chi connectivity index (χ1n) is 5.76. The van der Waals surface area contributed by atoms with Gasteiger partial charge in [-0.25, -0.2) is 4.98 Å². The van der Waals surface area contributed by atoms with Crippen LogP contribution in [-0.4, -0.2) is 14.5 Å². The van der Waals surface area contributed by atoms with E-state index in [0.717, 1.165) is 11.3 Å². The Hall–Kier alpha value is -2.20. The van der Waals surface area contributed by atoms with Crippen LogP contribution in [-0.2, 0) is 6.61 Å². The van der Waals surface area contributed by atoms with Crippen molar-refractivity contribution in [2.75, 3.05) is 0 Å². The molecule has 0 unspecified atom stereocenters. The molecule has 0 bridgehead atoms. The largest absolute Gasteiger partial charge is 0.504 e. The fourth-order valence-corrected chi connectivity index (χ4v) is 1.96. The van der Waals surface area contributed by atoms with Gasteiger partial charge in [0, 0.05) is 17.4 Å². The van der Waals surface area contributed by atoms with E-state index in [1.54, 1.807) is 36.4 Å². The van der Waals surface area contributed by atoms with Crippen molar-refractivity contribution in [1.82, 2.24) is 9.38 Å². The Labute approximate surface area is 114 Å². The number of rotatable bonds is 3. The summed E-state index contributed by atoms with van der Waals surface area (Å²) in [5.41, 5.74) is 1.54. The van der Waals surface area contributed by atoms with Gasteiger partial charge in [0.1, 0.15) is 12.3 Å². The van der Waals surface area contributed by atoms with Gasteiger partial charge < -0.3 is 14.2 Å². The maximum atomic E-state index is 9.60. The van der Waals surface area contributed by atoms with Gasteiger partial charge in [0.15, 0.2) is 11.5 Å². The quantitative estimate of drug-likeness (QED) is 0.797. The zero-order valence-electron chi connectivity index (χ0n) is 9.95. The fraction of sp³-hybridized carbons (Fsp3) is 0.0714. The number of benzene rings is 1. The second kappa shape index (κ2) is 4.82. The molecule has 5 heteroatoms. The molecule has 0 radical (unpaired) electrons. The number of aromatic hydroxyl groups is 1. The molecule has 0 spiro atoms. The summed E-state index contributed by atoms with van der Waals surface area (Å²) < 4.78 is 7.39. The van der Waals surface area contributed by atoms with E-state index in [1.165, 1.54) is 0 Å². The van der Waals surface area contributed by atoms with Crippen LogP contribution in [0, 0.1) is 0 Å². The Morgan fingerprint density at radius 3 is 2.95 bits per heavy atom. The van der Waals surface area contributed by atoms with Crippen molar-refractivity contribution >= 4 is 17.2 Å². The highest BCUT2D eigenvalue weighted by atomic mass is 35.5. The molecule has 0 atom stereocenters. The molecule has 0 fully saturated rings. The van der Waals surface area contributed by atoms with Crippen molar-refractivity contribution in [2.24, 2.45) is 0 Å². The van der Waals surface area contributed by atoms with E-state index in [-0.39, 0.29) is 12.4 Å². The number of para-hydroxylation sites is 2. The Bertz CT molecular complexity index is 724. The lowest BCUT2D eigenvalue weighted by atomic mass is 10.3. The van der Waals surface area contributed by atoms with E-state index >= 15 is 0 Å². The third-order valence-electron chi connectivity index (χ3n) is 2.71. The summed E-state index contributed by atoms with van der Waals surface area (Å²) in [7, 11) is 0. The fourth-order valence-electron chi connectivity index (χ4n) is 1.81. The summed E-state index contributed by atoms with van der Waals surface area (Å²) in [4.78, 5) is 4.39. The molecule has 0 saturated heterocycles. The molecule has 2 heterocycles. The van der Waals surface area contributed by atoms with E-state index in [2.05, 4.69) is 4.98 Å². The number of imidazole rings is 1. The first-order chi connectivity index (χ1) is 9.22. The predicted octanol–water partition coefficient (Wildman–Crippen LogP) is 3.27. The summed E-state index contributed by atoms with van der Waals surface area (Å²) in [6.45, 7) is 0.289. The van der Waals surface area contributed by atoms with Crippen molar-refractivity contribution in [3.63, 3.8) is 0 Å². The summed E-state index contributed by atoms with van der Waals surface area (Å²) in [6, 6.07) is 10.4. The Morgan fingerprint density at radius 2 is 2.11 bits per heavy atom. The summed E-state index contributed by atoms with van der Waals surface area (Å²) in [6.07, 6.45) is 3.71. The summed E-state index contributed by atoms with van der Waals surface area (Å²) >= 11 is 5.90. The topological polar surface area (TPSA) is 46.8 Å². The highest BCUT2D eigenvalue weighted by Gasteiger charge is 2.05. The molecule has 4 nitrogen and oxygen atoms in total. The predicted molar refractivity (Wildman–Crippen MR) is 72.6 cm³/mol. The molecule has 0 aliphatic carbocycles. The lowest BCUT2D eigenvalue weighted by Gasteiger charge is -2.05. The molecule has 2 aromatic heterocycles. The van der Waals surface area contributed by atoms with E-state index in [4.69, 9.17) is 16.3 Å². The lowest BCUT2D eigenvalue weighted by Crippen LogP contribution is -1.95. The van der Waals surface area contributed by atoms with Crippen LogP contribution in [0.4, 0.5) is 0 Å². The summed E-state index contributed by atoms with van der Waals surface area (Å²) in [5, 5.41) is 10.2. The number of phenolic OH excluding ortho intramolecular Hbond substituents is 1. The number of pyridine rings is 1. The van der Waals surface area contributed by atoms with Crippen LogP contribution in [0.25, 0.3) is 5.65 Å². The highest BCUT2D eigenvalue weighted by molar-refractivity contribution is 6.30. The molecule has 0 amide bonds. The third kappa shape index (κ3) is 2.48. The van der Waals surface area contributed by atoms with Crippen molar-refractivity contribution in [3.05, 3.63) is 59.5 Å². The lowest BCUT2D eigenvalue weighted by molar-refractivity contribution is 0.285. The number of hydrogen-bond donors (Lipinski definition) is 1. The molecular formula is C14H11ClN2O2. The van der Waals surface area contributed by atoms with Gasteiger partial charge in [-0.3, -0.25) is 0 Å². The van der Waals surface area contributed by atoms with Gasteiger partial charge in [-0.1, -0.05) is 23.7 Å². The SMILES string of the molecule is Oc1ccccc1OCc1cn2ccc(Cl)cc2n1. The van der Waals surface area contributed by atoms with Gasteiger partial charge in [0.2, 0.25) is 0 Å². The summed E-state index contributed by atoms with van der Waals surface area (Å²) in [5.74, 6) is 0.562. The molecule has 1 aromatic carbocycles. The average molecular weight is 275 g/mol. The van der Waals surface area contributed by atoms with Gasteiger partial charge in [-0.05, 0) is 24.3 Å². The molecule has 19 heavy (non-hydrogen) atoms. The minimum Gasteiger partial charge on any atom is -0.504 e. The van der Waals surface area contributed by atoms with Crippen LogP contribution >= 0.6 is 11.6 Å². The maximum absolute atomic E-state index is 9.60. The number of halogens is 1. The molecule has 3 rings (SSSR count). The molecule has 0 aliphatic rings. The van der Waals surface area contributed by atoms with E-state index < -0.39 is 0 Å². The van der Waals surface area contributed by atoms with Gasteiger partial charge in [-0.15, -0.1) is 0 Å². The molecular weight excluding hydrogens is 264 g/mol. The number of fused-ring (bicyclic) bond motifs is 1. The van der Waals surface area contributed by atoms with Crippen molar-refractivity contribution in [3.8, 4) is 11.5 Å². The van der Waals surface area contributed by atoms with Crippen LogP contribution in [0.15, 0.2) is 48.8 Å².